The third-order valence-electron chi connectivity index (χ3n) is 3.05. The van der Waals surface area contributed by atoms with Crippen molar-refractivity contribution in [3.8, 4) is 0 Å². The zero-order valence-electron chi connectivity index (χ0n) is 8.29. The van der Waals surface area contributed by atoms with Crippen LogP contribution < -0.4 is 0 Å². The van der Waals surface area contributed by atoms with Crippen LogP contribution in [0.2, 0.25) is 6.32 Å². The zero-order valence-corrected chi connectivity index (χ0v) is 8.29. The number of hydrogen-bond acceptors (Lipinski definition) is 0. The lowest BCUT2D eigenvalue weighted by atomic mass is 9.90. The Bertz CT molecular complexity index is 151. The summed E-state index contributed by atoms with van der Waals surface area (Å²) in [5.74, 6) is 2.60. The van der Waals surface area contributed by atoms with Crippen molar-refractivity contribution in [1.82, 2.24) is 0 Å². The van der Waals surface area contributed by atoms with E-state index in [-0.39, 0.29) is 0 Å². The first-order chi connectivity index (χ1) is 5.74. The average molecular weight is 162 g/mol. The molecule has 2 radical (unpaired) electrons. The van der Waals surface area contributed by atoms with Crippen LogP contribution in [0.1, 0.15) is 33.1 Å². The van der Waals surface area contributed by atoms with Gasteiger partial charge in [0, 0.05) is 0 Å². The predicted octanol–water partition coefficient (Wildman–Crippen LogP) is 3.20. The van der Waals surface area contributed by atoms with Crippen molar-refractivity contribution in [2.45, 2.75) is 39.4 Å². The molecule has 0 aromatic rings. The topological polar surface area (TPSA) is 0 Å². The Kier molecular flexibility index (Phi) is 3.91. The van der Waals surface area contributed by atoms with Gasteiger partial charge in [-0.1, -0.05) is 38.7 Å². The molecule has 0 N–H and O–H groups in total. The van der Waals surface area contributed by atoms with E-state index in [0.717, 1.165) is 17.8 Å². The third kappa shape index (κ3) is 2.69. The van der Waals surface area contributed by atoms with Crippen LogP contribution in [0.3, 0.4) is 0 Å². The van der Waals surface area contributed by atoms with Crippen molar-refractivity contribution in [3.05, 3.63) is 12.2 Å². The summed E-state index contributed by atoms with van der Waals surface area (Å²) >= 11 is 0. The number of allylic oxidation sites excluding steroid dienone is 2. The van der Waals surface area contributed by atoms with Gasteiger partial charge in [-0.3, -0.25) is 0 Å². The van der Waals surface area contributed by atoms with E-state index in [4.69, 9.17) is 7.85 Å². The third-order valence-corrected chi connectivity index (χ3v) is 3.05. The Morgan fingerprint density at radius 1 is 1.50 bits per heavy atom. The molecule has 0 aromatic heterocycles. The molecule has 0 nitrogen and oxygen atoms in total. The van der Waals surface area contributed by atoms with Crippen molar-refractivity contribution in [2.75, 3.05) is 0 Å². The van der Waals surface area contributed by atoms with Gasteiger partial charge in [-0.05, 0) is 30.6 Å². The lowest BCUT2D eigenvalue weighted by Crippen LogP contribution is -2.04. The molecule has 0 amide bonds. The van der Waals surface area contributed by atoms with E-state index in [1.807, 2.05) is 0 Å². The van der Waals surface area contributed by atoms with Gasteiger partial charge in [0.05, 0.1) is 7.85 Å². The maximum atomic E-state index is 5.42. The summed E-state index contributed by atoms with van der Waals surface area (Å²) < 4.78 is 0. The lowest BCUT2D eigenvalue weighted by Gasteiger charge is -2.14. The highest BCUT2D eigenvalue weighted by Crippen LogP contribution is 2.35. The van der Waals surface area contributed by atoms with Crippen LogP contribution >= 0.6 is 0 Å². The molecule has 0 heterocycles. The molecule has 1 rings (SSSR count). The van der Waals surface area contributed by atoms with Crippen LogP contribution in [0.5, 0.6) is 0 Å². The maximum absolute atomic E-state index is 5.42. The van der Waals surface area contributed by atoms with Gasteiger partial charge in [0.25, 0.3) is 0 Å². The monoisotopic (exact) mass is 162 g/mol. The van der Waals surface area contributed by atoms with Gasteiger partial charge < -0.3 is 0 Å². The molecule has 1 heteroatoms. The van der Waals surface area contributed by atoms with Gasteiger partial charge >= 0.3 is 0 Å². The minimum Gasteiger partial charge on any atom is -0.0969 e. The van der Waals surface area contributed by atoms with E-state index < -0.39 is 0 Å². The molecule has 12 heavy (non-hydrogen) atoms. The molecule has 0 bridgehead atoms. The van der Waals surface area contributed by atoms with Gasteiger partial charge in [-0.2, -0.15) is 0 Å². The van der Waals surface area contributed by atoms with Crippen molar-refractivity contribution < 1.29 is 0 Å². The van der Waals surface area contributed by atoms with Gasteiger partial charge in [0.1, 0.15) is 0 Å². The smallest absolute Gasteiger partial charge is 0.0708 e. The lowest BCUT2D eigenvalue weighted by molar-refractivity contribution is 0.418. The predicted molar refractivity (Wildman–Crippen MR) is 55.4 cm³/mol. The average Bonchev–Trinajstić information content (AvgIpc) is 2.47. The normalized spacial score (nSPS) is 32.8. The van der Waals surface area contributed by atoms with E-state index in [1.54, 1.807) is 0 Å². The highest BCUT2D eigenvalue weighted by molar-refractivity contribution is 6.09. The standard InChI is InChI=1S/C11H19B/c1-9-5-6-11(8-9)10(2)4-3-7-12/h3-4,9-11H,5-8H2,1-2H3. The van der Waals surface area contributed by atoms with E-state index in [9.17, 15) is 0 Å². The Morgan fingerprint density at radius 3 is 2.75 bits per heavy atom. The molecule has 0 aromatic carbocycles. The Morgan fingerprint density at radius 2 is 2.25 bits per heavy atom. The molecule has 0 saturated heterocycles. The molecule has 0 aliphatic heterocycles. The van der Waals surface area contributed by atoms with E-state index in [1.165, 1.54) is 19.3 Å². The summed E-state index contributed by atoms with van der Waals surface area (Å²) in [5.41, 5.74) is 0. The Hall–Kier alpha value is -0.195. The summed E-state index contributed by atoms with van der Waals surface area (Å²) in [6.07, 6.45) is 9.31. The van der Waals surface area contributed by atoms with E-state index >= 15 is 0 Å². The quantitative estimate of drug-likeness (QED) is 0.441. The Labute approximate surface area is 77.8 Å². The minimum absolute atomic E-state index is 0.687. The van der Waals surface area contributed by atoms with Crippen LogP contribution in [0.25, 0.3) is 0 Å². The summed E-state index contributed by atoms with van der Waals surface area (Å²) in [6, 6.07) is 0. The van der Waals surface area contributed by atoms with Gasteiger partial charge in [0.15, 0.2) is 0 Å². The fraction of sp³-hybridized carbons (Fsp3) is 0.818. The summed E-state index contributed by atoms with van der Waals surface area (Å²) in [7, 11) is 5.42. The summed E-state index contributed by atoms with van der Waals surface area (Å²) in [6.45, 7) is 4.67. The van der Waals surface area contributed by atoms with Crippen LogP contribution in [-0.4, -0.2) is 7.85 Å². The van der Waals surface area contributed by atoms with Crippen molar-refractivity contribution in [3.63, 3.8) is 0 Å². The number of rotatable bonds is 3. The SMILES string of the molecule is [B]CC=CC(C)C1CCC(C)C1. The second-order valence-corrected chi connectivity index (χ2v) is 4.20. The van der Waals surface area contributed by atoms with Crippen LogP contribution in [-0.2, 0) is 0 Å². The fourth-order valence-corrected chi connectivity index (χ4v) is 2.18. The molecule has 1 saturated carbocycles. The van der Waals surface area contributed by atoms with Gasteiger partial charge in [0.2, 0.25) is 0 Å². The van der Waals surface area contributed by atoms with Gasteiger partial charge in [-0.25, -0.2) is 0 Å². The van der Waals surface area contributed by atoms with Crippen molar-refractivity contribution in [1.29, 1.82) is 0 Å². The van der Waals surface area contributed by atoms with E-state index in [0.29, 0.717) is 6.32 Å². The largest absolute Gasteiger partial charge is 0.0969 e. The molecule has 1 aliphatic rings. The first-order valence-electron chi connectivity index (χ1n) is 5.10. The van der Waals surface area contributed by atoms with Crippen molar-refractivity contribution in [2.24, 2.45) is 17.8 Å². The first kappa shape index (κ1) is 9.89. The highest BCUT2D eigenvalue weighted by Gasteiger charge is 2.24. The molecule has 1 aliphatic carbocycles. The molecule has 3 unspecified atom stereocenters. The van der Waals surface area contributed by atoms with Crippen LogP contribution in [0.4, 0.5) is 0 Å². The molecular formula is C11H19B. The van der Waals surface area contributed by atoms with Crippen molar-refractivity contribution >= 4 is 7.85 Å². The highest BCUT2D eigenvalue weighted by atomic mass is 14.3. The molecular weight excluding hydrogens is 143 g/mol. The van der Waals surface area contributed by atoms with Crippen LogP contribution in [0.15, 0.2) is 12.2 Å². The summed E-state index contributed by atoms with van der Waals surface area (Å²) in [4.78, 5) is 0. The zero-order chi connectivity index (χ0) is 8.97. The molecule has 1 fully saturated rings. The second-order valence-electron chi connectivity index (χ2n) is 4.20. The van der Waals surface area contributed by atoms with E-state index in [2.05, 4.69) is 26.0 Å². The molecule has 0 spiro atoms. The van der Waals surface area contributed by atoms with Crippen LogP contribution in [0, 0.1) is 17.8 Å². The minimum atomic E-state index is 0.687. The number of hydrogen-bond donors (Lipinski definition) is 0. The summed E-state index contributed by atoms with van der Waals surface area (Å²) in [5, 5.41) is 0. The Balaban J connectivity index is 2.32. The van der Waals surface area contributed by atoms with Gasteiger partial charge in [-0.15, -0.1) is 0 Å². The molecule has 66 valence electrons. The molecule has 3 atom stereocenters. The first-order valence-corrected chi connectivity index (χ1v) is 5.10. The maximum Gasteiger partial charge on any atom is 0.0708 e. The second kappa shape index (κ2) is 4.74. The fourth-order valence-electron chi connectivity index (χ4n) is 2.18.